The fourth-order valence-corrected chi connectivity index (χ4v) is 3.54. The Morgan fingerprint density at radius 2 is 2.04 bits per heavy atom. The van der Waals surface area contributed by atoms with Gasteiger partial charge in [-0.1, -0.05) is 15.9 Å². The molecule has 1 aliphatic heterocycles. The molecule has 2 aromatic rings. The van der Waals surface area contributed by atoms with E-state index in [4.69, 9.17) is 4.74 Å². The topological polar surface area (TPSA) is 97.6 Å². The first kappa shape index (κ1) is 20.3. The van der Waals surface area contributed by atoms with Crippen LogP contribution in [0.15, 0.2) is 28.9 Å². The lowest BCUT2D eigenvalue weighted by atomic mass is 10.0. The monoisotopic (exact) mass is 450 g/mol. The standard InChI is InChI=1S/C19H23BrN4O4/c1-19(2,3)28-18(25)23-8-6-13(7-9-23)22-17-14-10-12(20)4-5-15(14)21-11-16(17)24(26)27/h4-5,10-11,13H,6-9H2,1-3H3,(H,21,22). The van der Waals surface area contributed by atoms with Crippen LogP contribution in [-0.4, -0.2) is 45.6 Å². The summed E-state index contributed by atoms with van der Waals surface area (Å²) in [7, 11) is 0. The largest absolute Gasteiger partial charge is 0.444 e. The number of hydrogen-bond donors (Lipinski definition) is 1. The number of pyridine rings is 1. The van der Waals surface area contributed by atoms with Gasteiger partial charge < -0.3 is 15.0 Å². The van der Waals surface area contributed by atoms with Crippen LogP contribution < -0.4 is 5.32 Å². The van der Waals surface area contributed by atoms with Gasteiger partial charge >= 0.3 is 11.8 Å². The van der Waals surface area contributed by atoms with Crippen molar-refractivity contribution >= 4 is 44.3 Å². The molecule has 0 bridgehead atoms. The first-order chi connectivity index (χ1) is 13.1. The van der Waals surface area contributed by atoms with Crippen molar-refractivity contribution in [2.75, 3.05) is 18.4 Å². The second kappa shape index (κ2) is 7.90. The molecule has 1 aliphatic rings. The number of benzene rings is 1. The molecule has 3 rings (SSSR count). The van der Waals surface area contributed by atoms with Crippen LogP contribution in [0.25, 0.3) is 10.9 Å². The van der Waals surface area contributed by atoms with Crippen molar-refractivity contribution in [3.05, 3.63) is 39.0 Å². The van der Waals surface area contributed by atoms with Crippen LogP contribution in [0.3, 0.4) is 0 Å². The number of ether oxygens (including phenoxy) is 1. The fraction of sp³-hybridized carbons (Fsp3) is 0.474. The Kier molecular flexibility index (Phi) is 5.74. The Morgan fingerprint density at radius 1 is 1.36 bits per heavy atom. The predicted octanol–water partition coefficient (Wildman–Crippen LogP) is 4.72. The number of rotatable bonds is 3. The number of fused-ring (bicyclic) bond motifs is 1. The number of nitro groups is 1. The average Bonchev–Trinajstić information content (AvgIpc) is 2.61. The van der Waals surface area contributed by atoms with E-state index in [0.29, 0.717) is 42.5 Å². The lowest BCUT2D eigenvalue weighted by molar-refractivity contribution is -0.384. The zero-order valence-corrected chi connectivity index (χ0v) is 17.7. The summed E-state index contributed by atoms with van der Waals surface area (Å²) in [5.41, 5.74) is 0.561. The Labute approximate surface area is 171 Å². The molecule has 0 spiro atoms. The van der Waals surface area contributed by atoms with Gasteiger partial charge in [0.2, 0.25) is 0 Å². The summed E-state index contributed by atoms with van der Waals surface area (Å²) in [5, 5.41) is 15.5. The first-order valence-electron chi connectivity index (χ1n) is 9.11. The number of nitrogens with zero attached hydrogens (tertiary/aromatic N) is 3. The number of carbonyl (C=O) groups is 1. The SMILES string of the molecule is CC(C)(C)OC(=O)N1CCC(Nc2c([N+](=O)[O-])cnc3ccc(Br)cc23)CC1. The van der Waals surface area contributed by atoms with Crippen molar-refractivity contribution < 1.29 is 14.5 Å². The van der Waals surface area contributed by atoms with Gasteiger partial charge in [-0.05, 0) is 51.8 Å². The maximum Gasteiger partial charge on any atom is 0.410 e. The van der Waals surface area contributed by atoms with Crippen molar-refractivity contribution in [3.8, 4) is 0 Å². The number of anilines is 1. The maximum absolute atomic E-state index is 12.2. The molecule has 1 amide bonds. The maximum atomic E-state index is 12.2. The zero-order valence-electron chi connectivity index (χ0n) is 16.1. The highest BCUT2D eigenvalue weighted by atomic mass is 79.9. The molecule has 0 radical (unpaired) electrons. The third-order valence-corrected chi connectivity index (χ3v) is 5.00. The molecule has 1 saturated heterocycles. The van der Waals surface area contributed by atoms with Crippen LogP contribution in [0.1, 0.15) is 33.6 Å². The van der Waals surface area contributed by atoms with Gasteiger partial charge in [0, 0.05) is 29.0 Å². The van der Waals surface area contributed by atoms with Crippen molar-refractivity contribution in [1.82, 2.24) is 9.88 Å². The van der Waals surface area contributed by atoms with Gasteiger partial charge in [0.1, 0.15) is 17.5 Å². The molecule has 9 heteroatoms. The molecule has 1 aromatic heterocycles. The lowest BCUT2D eigenvalue weighted by Gasteiger charge is -2.34. The second-order valence-corrected chi connectivity index (χ2v) is 8.74. The number of hydrogen-bond acceptors (Lipinski definition) is 6. The number of likely N-dealkylation sites (tertiary alicyclic amines) is 1. The Bertz CT molecular complexity index is 905. The van der Waals surface area contributed by atoms with E-state index in [-0.39, 0.29) is 17.8 Å². The molecule has 8 nitrogen and oxygen atoms in total. The molecule has 28 heavy (non-hydrogen) atoms. The Morgan fingerprint density at radius 3 is 2.64 bits per heavy atom. The fourth-order valence-electron chi connectivity index (χ4n) is 3.18. The molecular formula is C19H23BrN4O4. The minimum atomic E-state index is -0.532. The summed E-state index contributed by atoms with van der Waals surface area (Å²) >= 11 is 3.42. The molecule has 1 N–H and O–H groups in total. The van der Waals surface area contributed by atoms with Crippen LogP contribution in [0.4, 0.5) is 16.2 Å². The molecule has 0 aliphatic carbocycles. The van der Waals surface area contributed by atoms with Crippen molar-refractivity contribution in [2.24, 2.45) is 0 Å². The van der Waals surface area contributed by atoms with Crippen molar-refractivity contribution in [2.45, 2.75) is 45.3 Å². The molecular weight excluding hydrogens is 428 g/mol. The number of nitrogens with one attached hydrogen (secondary N) is 1. The summed E-state index contributed by atoms with van der Waals surface area (Å²) in [5.74, 6) is 0. The van der Waals surface area contributed by atoms with Crippen LogP contribution in [0.2, 0.25) is 0 Å². The molecule has 0 atom stereocenters. The molecule has 150 valence electrons. The van der Waals surface area contributed by atoms with Gasteiger partial charge in [-0.15, -0.1) is 0 Å². The van der Waals surface area contributed by atoms with Gasteiger partial charge in [0.05, 0.1) is 10.4 Å². The van der Waals surface area contributed by atoms with Gasteiger partial charge in [0.25, 0.3) is 0 Å². The van der Waals surface area contributed by atoms with E-state index in [2.05, 4.69) is 26.2 Å². The smallest absolute Gasteiger partial charge is 0.410 e. The van der Waals surface area contributed by atoms with E-state index >= 15 is 0 Å². The highest BCUT2D eigenvalue weighted by Gasteiger charge is 2.28. The third kappa shape index (κ3) is 4.70. The Balaban J connectivity index is 1.77. The number of piperidine rings is 1. The third-order valence-electron chi connectivity index (χ3n) is 4.50. The van der Waals surface area contributed by atoms with E-state index in [9.17, 15) is 14.9 Å². The average molecular weight is 451 g/mol. The van der Waals surface area contributed by atoms with E-state index in [0.717, 1.165) is 4.47 Å². The van der Waals surface area contributed by atoms with Crippen LogP contribution >= 0.6 is 15.9 Å². The van der Waals surface area contributed by atoms with Crippen LogP contribution in [0.5, 0.6) is 0 Å². The molecule has 1 aromatic carbocycles. The highest BCUT2D eigenvalue weighted by Crippen LogP contribution is 2.34. The molecule has 0 unspecified atom stereocenters. The first-order valence-corrected chi connectivity index (χ1v) is 9.90. The summed E-state index contributed by atoms with van der Waals surface area (Å²) in [6, 6.07) is 5.51. The summed E-state index contributed by atoms with van der Waals surface area (Å²) < 4.78 is 6.24. The Hall–Kier alpha value is -2.42. The molecule has 0 saturated carbocycles. The number of amides is 1. The summed E-state index contributed by atoms with van der Waals surface area (Å²) in [6.45, 7) is 6.58. The highest BCUT2D eigenvalue weighted by molar-refractivity contribution is 9.10. The number of carbonyl (C=O) groups excluding carboxylic acids is 1. The molecule has 2 heterocycles. The van der Waals surface area contributed by atoms with Gasteiger partial charge in [-0.3, -0.25) is 10.1 Å². The number of halogens is 1. The van der Waals surface area contributed by atoms with Crippen LogP contribution in [-0.2, 0) is 4.74 Å². The minimum absolute atomic E-state index is 0.0157. The van der Waals surface area contributed by atoms with Gasteiger partial charge in [-0.2, -0.15) is 0 Å². The quantitative estimate of drug-likeness (QED) is 0.536. The second-order valence-electron chi connectivity index (χ2n) is 7.82. The van der Waals surface area contributed by atoms with E-state index in [1.807, 2.05) is 39.0 Å². The van der Waals surface area contributed by atoms with Crippen molar-refractivity contribution in [3.63, 3.8) is 0 Å². The van der Waals surface area contributed by atoms with Gasteiger partial charge in [0.15, 0.2) is 0 Å². The van der Waals surface area contributed by atoms with E-state index in [1.165, 1.54) is 6.20 Å². The van der Waals surface area contributed by atoms with E-state index in [1.54, 1.807) is 4.90 Å². The van der Waals surface area contributed by atoms with Crippen molar-refractivity contribution in [1.29, 1.82) is 0 Å². The number of aromatic nitrogens is 1. The normalized spacial score (nSPS) is 15.5. The van der Waals surface area contributed by atoms with E-state index < -0.39 is 10.5 Å². The van der Waals surface area contributed by atoms with Crippen LogP contribution in [0, 0.1) is 10.1 Å². The molecule has 1 fully saturated rings. The summed E-state index contributed by atoms with van der Waals surface area (Å²) in [4.78, 5) is 29.2. The van der Waals surface area contributed by atoms with Gasteiger partial charge in [-0.25, -0.2) is 9.78 Å². The zero-order chi connectivity index (χ0) is 20.5. The predicted molar refractivity (Wildman–Crippen MR) is 111 cm³/mol. The summed E-state index contributed by atoms with van der Waals surface area (Å²) in [6.07, 6.45) is 2.31. The lowest BCUT2D eigenvalue weighted by Crippen LogP contribution is -2.44. The minimum Gasteiger partial charge on any atom is -0.444 e.